The van der Waals surface area contributed by atoms with E-state index in [-0.39, 0.29) is 11.9 Å². The topological polar surface area (TPSA) is 68.5 Å². The molecule has 23 heavy (non-hydrogen) atoms. The van der Waals surface area contributed by atoms with E-state index in [1.807, 2.05) is 36.4 Å². The van der Waals surface area contributed by atoms with Gasteiger partial charge in [0.1, 0.15) is 4.60 Å². The Kier molecular flexibility index (Phi) is 4.57. The van der Waals surface area contributed by atoms with Crippen molar-refractivity contribution >= 4 is 33.4 Å². The Bertz CT molecular complexity index is 833. The highest BCUT2D eigenvalue weighted by molar-refractivity contribution is 9.10. The number of nitrogens with zero attached hydrogens (tertiary/aromatic N) is 3. The maximum Gasteiger partial charge on any atom is 0.249 e. The summed E-state index contributed by atoms with van der Waals surface area (Å²) < 4.78 is 7.55. The maximum atomic E-state index is 12.1. The van der Waals surface area contributed by atoms with Crippen LogP contribution in [0, 0.1) is 0 Å². The number of benzene rings is 1. The molecule has 0 aliphatic heterocycles. The predicted molar refractivity (Wildman–Crippen MR) is 90.6 cm³/mol. The van der Waals surface area contributed by atoms with Crippen LogP contribution in [0.2, 0.25) is 0 Å². The number of pyridine rings is 1. The van der Waals surface area contributed by atoms with Crippen molar-refractivity contribution in [1.82, 2.24) is 14.6 Å². The predicted octanol–water partition coefficient (Wildman–Crippen LogP) is 3.07. The summed E-state index contributed by atoms with van der Waals surface area (Å²) in [6.45, 7) is 0. The van der Waals surface area contributed by atoms with Gasteiger partial charge in [0.05, 0.1) is 7.11 Å². The highest BCUT2D eigenvalue weighted by Crippen LogP contribution is 2.23. The maximum absolute atomic E-state index is 12.1. The van der Waals surface area contributed by atoms with Crippen LogP contribution in [-0.2, 0) is 11.2 Å². The van der Waals surface area contributed by atoms with Crippen LogP contribution in [0.25, 0.3) is 5.65 Å². The zero-order chi connectivity index (χ0) is 16.2. The summed E-state index contributed by atoms with van der Waals surface area (Å²) in [7, 11) is 1.57. The summed E-state index contributed by atoms with van der Waals surface area (Å²) in [5.74, 6) is 0.721. The molecule has 6 nitrogen and oxygen atoms in total. The molecule has 0 aliphatic carbocycles. The standard InChI is InChI=1S/C16H15BrN4O2/c1-23-12-8-9-13(17)21-15(12)19-16(20-21)18-14(22)10-7-11-5-3-2-4-6-11/h2-6,8-9H,7,10H2,1H3,(H,18,20,22). The Hall–Kier alpha value is -2.41. The number of amides is 1. The number of aryl methyl sites for hydroxylation is 1. The van der Waals surface area contributed by atoms with E-state index in [9.17, 15) is 4.79 Å². The molecule has 3 aromatic rings. The highest BCUT2D eigenvalue weighted by Gasteiger charge is 2.13. The number of fused-ring (bicyclic) bond motifs is 1. The normalized spacial score (nSPS) is 10.7. The summed E-state index contributed by atoms with van der Waals surface area (Å²) >= 11 is 3.39. The number of nitrogens with one attached hydrogen (secondary N) is 1. The van der Waals surface area contributed by atoms with Gasteiger partial charge in [0.25, 0.3) is 0 Å². The van der Waals surface area contributed by atoms with Crippen LogP contribution < -0.4 is 10.1 Å². The second-order valence-electron chi connectivity index (χ2n) is 4.93. The second-order valence-corrected chi connectivity index (χ2v) is 5.74. The minimum absolute atomic E-state index is 0.125. The molecule has 2 heterocycles. The number of rotatable bonds is 5. The molecule has 1 aromatic carbocycles. The Morgan fingerprint density at radius 3 is 2.78 bits per heavy atom. The van der Waals surface area contributed by atoms with E-state index in [1.54, 1.807) is 17.7 Å². The molecule has 1 amide bonds. The molecule has 2 aromatic heterocycles. The first-order valence-corrected chi connectivity index (χ1v) is 7.89. The molecule has 0 unspecified atom stereocenters. The summed E-state index contributed by atoms with van der Waals surface area (Å²) in [5.41, 5.74) is 1.66. The molecular weight excluding hydrogens is 360 g/mol. The van der Waals surface area contributed by atoms with Gasteiger partial charge in [-0.15, -0.1) is 5.10 Å². The third kappa shape index (κ3) is 3.50. The quantitative estimate of drug-likeness (QED) is 0.696. The van der Waals surface area contributed by atoms with Gasteiger partial charge in [0.2, 0.25) is 17.5 Å². The van der Waals surface area contributed by atoms with Crippen molar-refractivity contribution < 1.29 is 9.53 Å². The first kappa shape index (κ1) is 15.5. The molecule has 0 fully saturated rings. The van der Waals surface area contributed by atoms with Gasteiger partial charge in [-0.3, -0.25) is 10.1 Å². The van der Waals surface area contributed by atoms with Gasteiger partial charge in [-0.1, -0.05) is 30.3 Å². The van der Waals surface area contributed by atoms with Crippen LogP contribution in [0.1, 0.15) is 12.0 Å². The summed E-state index contributed by atoms with van der Waals surface area (Å²) in [6.07, 6.45) is 1.05. The average Bonchev–Trinajstić information content (AvgIpc) is 2.99. The van der Waals surface area contributed by atoms with Gasteiger partial charge in [0.15, 0.2) is 5.75 Å². The molecule has 3 rings (SSSR count). The molecule has 0 atom stereocenters. The second kappa shape index (κ2) is 6.78. The Morgan fingerprint density at radius 2 is 2.04 bits per heavy atom. The first-order chi connectivity index (χ1) is 11.2. The number of halogens is 1. The van der Waals surface area contributed by atoms with Crippen LogP contribution in [0.5, 0.6) is 5.75 Å². The van der Waals surface area contributed by atoms with E-state index >= 15 is 0 Å². The molecular formula is C16H15BrN4O2. The summed E-state index contributed by atoms with van der Waals surface area (Å²) in [5, 5.41) is 6.98. The molecule has 0 radical (unpaired) electrons. The fourth-order valence-corrected chi connectivity index (χ4v) is 2.59. The van der Waals surface area contributed by atoms with Crippen LogP contribution in [0.15, 0.2) is 47.1 Å². The van der Waals surface area contributed by atoms with Crippen molar-refractivity contribution in [2.75, 3.05) is 12.4 Å². The number of hydrogen-bond donors (Lipinski definition) is 1. The third-order valence-corrected chi connectivity index (χ3v) is 3.96. The minimum atomic E-state index is -0.125. The lowest BCUT2D eigenvalue weighted by molar-refractivity contribution is -0.116. The molecule has 0 saturated heterocycles. The van der Waals surface area contributed by atoms with Crippen molar-refractivity contribution in [2.24, 2.45) is 0 Å². The van der Waals surface area contributed by atoms with Crippen LogP contribution in [0.4, 0.5) is 5.95 Å². The van der Waals surface area contributed by atoms with Crippen LogP contribution in [-0.4, -0.2) is 27.6 Å². The van der Waals surface area contributed by atoms with Crippen LogP contribution >= 0.6 is 15.9 Å². The lowest BCUT2D eigenvalue weighted by Gasteiger charge is -2.01. The molecule has 1 N–H and O–H groups in total. The van der Waals surface area contributed by atoms with Gasteiger partial charge in [-0.05, 0) is 40.0 Å². The number of aromatic nitrogens is 3. The number of carbonyl (C=O) groups excluding carboxylic acids is 1. The van der Waals surface area contributed by atoms with E-state index in [2.05, 4.69) is 31.3 Å². The lowest BCUT2D eigenvalue weighted by Crippen LogP contribution is -2.13. The third-order valence-electron chi connectivity index (χ3n) is 3.36. The molecule has 0 bridgehead atoms. The van der Waals surface area contributed by atoms with Crippen molar-refractivity contribution in [3.05, 3.63) is 52.6 Å². The van der Waals surface area contributed by atoms with Crippen molar-refractivity contribution in [2.45, 2.75) is 12.8 Å². The summed E-state index contributed by atoms with van der Waals surface area (Å²) in [6, 6.07) is 13.5. The number of anilines is 1. The fourth-order valence-electron chi connectivity index (χ4n) is 2.21. The minimum Gasteiger partial charge on any atom is -0.493 e. The van der Waals surface area contributed by atoms with Gasteiger partial charge in [-0.25, -0.2) is 4.52 Å². The Balaban J connectivity index is 1.71. The monoisotopic (exact) mass is 374 g/mol. The van der Waals surface area contributed by atoms with E-state index in [0.29, 0.717) is 24.2 Å². The van der Waals surface area contributed by atoms with Crippen LogP contribution in [0.3, 0.4) is 0 Å². The zero-order valence-electron chi connectivity index (χ0n) is 12.5. The van der Waals surface area contributed by atoms with Gasteiger partial charge >= 0.3 is 0 Å². The van der Waals surface area contributed by atoms with Gasteiger partial charge in [0, 0.05) is 6.42 Å². The number of hydrogen-bond acceptors (Lipinski definition) is 4. The largest absolute Gasteiger partial charge is 0.493 e. The van der Waals surface area contributed by atoms with Crippen molar-refractivity contribution in [3.63, 3.8) is 0 Å². The van der Waals surface area contributed by atoms with E-state index in [4.69, 9.17) is 4.74 Å². The Morgan fingerprint density at radius 1 is 1.26 bits per heavy atom. The van der Waals surface area contributed by atoms with Gasteiger partial charge < -0.3 is 4.74 Å². The van der Waals surface area contributed by atoms with E-state index < -0.39 is 0 Å². The van der Waals surface area contributed by atoms with E-state index in [1.165, 1.54) is 0 Å². The molecule has 0 spiro atoms. The number of carbonyl (C=O) groups is 1. The number of ether oxygens (including phenoxy) is 1. The molecule has 0 aliphatic rings. The van der Waals surface area contributed by atoms with Crippen molar-refractivity contribution in [1.29, 1.82) is 0 Å². The van der Waals surface area contributed by atoms with Crippen molar-refractivity contribution in [3.8, 4) is 5.75 Å². The SMILES string of the molecule is COc1ccc(Br)n2nc(NC(=O)CCc3ccccc3)nc12. The average molecular weight is 375 g/mol. The zero-order valence-corrected chi connectivity index (χ0v) is 14.1. The molecule has 118 valence electrons. The van der Waals surface area contributed by atoms with Gasteiger partial charge in [-0.2, -0.15) is 4.98 Å². The Labute approximate surface area is 141 Å². The van der Waals surface area contributed by atoms with E-state index in [0.717, 1.165) is 10.2 Å². The molecule has 0 saturated carbocycles. The lowest BCUT2D eigenvalue weighted by atomic mass is 10.1. The summed E-state index contributed by atoms with van der Waals surface area (Å²) in [4.78, 5) is 16.4. The molecule has 7 heteroatoms. The highest BCUT2D eigenvalue weighted by atomic mass is 79.9. The smallest absolute Gasteiger partial charge is 0.249 e. The fraction of sp³-hybridized carbons (Fsp3) is 0.188. The number of methoxy groups -OCH3 is 1. The first-order valence-electron chi connectivity index (χ1n) is 7.10.